The maximum absolute atomic E-state index is 12.4. The lowest BCUT2D eigenvalue weighted by atomic mass is 10.1. The van der Waals surface area contributed by atoms with Gasteiger partial charge in [0.2, 0.25) is 5.91 Å². The molecule has 0 bridgehead atoms. The summed E-state index contributed by atoms with van der Waals surface area (Å²) in [6, 6.07) is 8.40. The predicted octanol–water partition coefficient (Wildman–Crippen LogP) is 4.73. The van der Waals surface area contributed by atoms with Crippen molar-refractivity contribution in [2.75, 3.05) is 5.32 Å². The molecule has 1 amide bonds. The Hall–Kier alpha value is -2.98. The van der Waals surface area contributed by atoms with E-state index in [2.05, 4.69) is 53.5 Å². The van der Waals surface area contributed by atoms with Crippen LogP contribution in [0.25, 0.3) is 11.3 Å². The average molecular weight is 408 g/mol. The summed E-state index contributed by atoms with van der Waals surface area (Å²) < 4.78 is 1.85. The number of nitriles is 1. The molecule has 0 spiro atoms. The molecular formula is C22H25N5OS. The number of carbonyl (C=O) groups excluding carboxylic acids is 1. The maximum atomic E-state index is 12.4. The van der Waals surface area contributed by atoms with Crippen LogP contribution in [0.5, 0.6) is 0 Å². The number of hydrogen-bond donors (Lipinski definition) is 1. The van der Waals surface area contributed by atoms with Gasteiger partial charge in [-0.15, -0.1) is 11.3 Å². The molecule has 1 N–H and O–H groups in total. The zero-order valence-electron chi connectivity index (χ0n) is 17.2. The number of rotatable bonds is 7. The van der Waals surface area contributed by atoms with Crippen molar-refractivity contribution in [2.24, 2.45) is 0 Å². The van der Waals surface area contributed by atoms with Crippen LogP contribution < -0.4 is 5.32 Å². The van der Waals surface area contributed by atoms with Crippen LogP contribution in [-0.4, -0.2) is 20.7 Å². The summed E-state index contributed by atoms with van der Waals surface area (Å²) in [5.41, 5.74) is 7.42. The fraction of sp³-hybridized carbons (Fsp3) is 0.364. The Morgan fingerprint density at radius 2 is 2.03 bits per heavy atom. The van der Waals surface area contributed by atoms with E-state index < -0.39 is 0 Å². The highest BCUT2D eigenvalue weighted by Crippen LogP contribution is 2.26. The lowest BCUT2D eigenvalue weighted by Gasteiger charge is -2.04. The molecule has 150 valence electrons. The molecule has 0 radical (unpaired) electrons. The van der Waals surface area contributed by atoms with Crippen LogP contribution in [-0.2, 0) is 17.8 Å². The molecule has 0 aliphatic heterocycles. The molecular weight excluding hydrogens is 382 g/mol. The van der Waals surface area contributed by atoms with Gasteiger partial charge in [-0.05, 0) is 56.9 Å². The molecule has 0 saturated carbocycles. The molecule has 3 aromatic rings. The van der Waals surface area contributed by atoms with Crippen LogP contribution in [0.2, 0.25) is 0 Å². The number of hydrogen-bond acceptors (Lipinski definition) is 5. The van der Waals surface area contributed by atoms with Gasteiger partial charge in [0.05, 0.1) is 30.4 Å². The van der Waals surface area contributed by atoms with Gasteiger partial charge in [-0.2, -0.15) is 10.4 Å². The maximum Gasteiger partial charge on any atom is 0.226 e. The van der Waals surface area contributed by atoms with E-state index in [4.69, 9.17) is 5.26 Å². The Morgan fingerprint density at radius 1 is 1.24 bits per heavy atom. The minimum Gasteiger partial charge on any atom is -0.302 e. The van der Waals surface area contributed by atoms with Gasteiger partial charge in [0.1, 0.15) is 0 Å². The first-order valence-electron chi connectivity index (χ1n) is 9.62. The summed E-state index contributed by atoms with van der Waals surface area (Å²) in [5, 5.41) is 18.7. The number of aromatic nitrogens is 3. The fourth-order valence-corrected chi connectivity index (χ4v) is 3.99. The van der Waals surface area contributed by atoms with E-state index in [1.807, 2.05) is 23.9 Å². The molecule has 0 fully saturated rings. The molecule has 7 heteroatoms. The molecule has 0 aliphatic rings. The SMILES string of the molecule is Cc1ccc(-c2csc(NC(=O)CCc3c(C)nn(CCC#N)c3C)n2)cc1C. The molecule has 0 aliphatic carbocycles. The van der Waals surface area contributed by atoms with Gasteiger partial charge in [-0.1, -0.05) is 12.1 Å². The van der Waals surface area contributed by atoms with Crippen molar-refractivity contribution in [1.29, 1.82) is 5.26 Å². The summed E-state index contributed by atoms with van der Waals surface area (Å²) >= 11 is 1.43. The summed E-state index contributed by atoms with van der Waals surface area (Å²) in [5.74, 6) is -0.0606. The third-order valence-corrected chi connectivity index (χ3v) is 5.88. The number of thiazole rings is 1. The molecule has 3 rings (SSSR count). The predicted molar refractivity (Wildman–Crippen MR) is 116 cm³/mol. The lowest BCUT2D eigenvalue weighted by Crippen LogP contribution is -2.12. The summed E-state index contributed by atoms with van der Waals surface area (Å²) in [6.45, 7) is 8.68. The van der Waals surface area contributed by atoms with Crippen LogP contribution in [0.15, 0.2) is 23.6 Å². The zero-order chi connectivity index (χ0) is 21.0. The monoisotopic (exact) mass is 407 g/mol. The number of carbonyl (C=O) groups is 1. The van der Waals surface area contributed by atoms with Crippen LogP contribution >= 0.6 is 11.3 Å². The Labute approximate surface area is 175 Å². The van der Waals surface area contributed by atoms with Crippen LogP contribution in [0.3, 0.4) is 0 Å². The van der Waals surface area contributed by atoms with Crippen LogP contribution in [0.1, 0.15) is 40.9 Å². The lowest BCUT2D eigenvalue weighted by molar-refractivity contribution is -0.116. The number of benzene rings is 1. The van der Waals surface area contributed by atoms with Crippen LogP contribution in [0.4, 0.5) is 5.13 Å². The fourth-order valence-electron chi connectivity index (χ4n) is 3.25. The van der Waals surface area contributed by atoms with Crippen molar-refractivity contribution < 1.29 is 4.79 Å². The van der Waals surface area contributed by atoms with E-state index >= 15 is 0 Å². The summed E-state index contributed by atoms with van der Waals surface area (Å²) in [6.07, 6.45) is 1.41. The smallest absolute Gasteiger partial charge is 0.226 e. The third-order valence-electron chi connectivity index (χ3n) is 5.12. The van der Waals surface area contributed by atoms with Crippen molar-refractivity contribution in [3.8, 4) is 17.3 Å². The number of nitrogens with one attached hydrogen (secondary N) is 1. The Morgan fingerprint density at radius 3 is 2.76 bits per heavy atom. The molecule has 1 aromatic carbocycles. The first-order valence-corrected chi connectivity index (χ1v) is 10.5. The Balaban J connectivity index is 1.61. The van der Waals surface area contributed by atoms with Crippen molar-refractivity contribution >= 4 is 22.4 Å². The molecule has 0 saturated heterocycles. The first-order chi connectivity index (χ1) is 13.9. The molecule has 0 atom stereocenters. The minimum atomic E-state index is -0.0606. The van der Waals surface area contributed by atoms with Crippen LogP contribution in [0, 0.1) is 39.0 Å². The van der Waals surface area contributed by atoms with Gasteiger partial charge in [0.25, 0.3) is 0 Å². The van der Waals surface area contributed by atoms with Gasteiger partial charge in [-0.25, -0.2) is 4.98 Å². The summed E-state index contributed by atoms with van der Waals surface area (Å²) in [7, 11) is 0. The van der Waals surface area contributed by atoms with E-state index in [0.29, 0.717) is 30.9 Å². The van der Waals surface area contributed by atoms with E-state index in [1.165, 1.54) is 22.5 Å². The molecule has 29 heavy (non-hydrogen) atoms. The van der Waals surface area contributed by atoms with Gasteiger partial charge in [0, 0.05) is 23.1 Å². The van der Waals surface area contributed by atoms with Gasteiger partial charge in [0.15, 0.2) is 5.13 Å². The summed E-state index contributed by atoms with van der Waals surface area (Å²) in [4.78, 5) is 17.0. The van der Waals surface area contributed by atoms with E-state index in [1.54, 1.807) is 0 Å². The average Bonchev–Trinajstić information content (AvgIpc) is 3.25. The number of aryl methyl sites for hydroxylation is 4. The zero-order valence-corrected chi connectivity index (χ0v) is 18.1. The van der Waals surface area contributed by atoms with E-state index in [9.17, 15) is 4.79 Å². The van der Waals surface area contributed by atoms with Gasteiger partial charge < -0.3 is 5.32 Å². The molecule has 6 nitrogen and oxygen atoms in total. The van der Waals surface area contributed by atoms with Gasteiger partial charge >= 0.3 is 0 Å². The standard InChI is InChI=1S/C22H25N5OS/c1-14-6-7-18(12-15(14)2)20-13-29-22(24-20)25-21(28)9-8-19-16(3)26-27(17(19)4)11-5-10-23/h6-7,12-13H,5,8-9,11H2,1-4H3,(H,24,25,28). The van der Waals surface area contributed by atoms with E-state index in [-0.39, 0.29) is 5.91 Å². The highest BCUT2D eigenvalue weighted by atomic mass is 32.1. The van der Waals surface area contributed by atoms with Crippen molar-refractivity contribution in [2.45, 2.75) is 53.5 Å². The number of amides is 1. The quantitative estimate of drug-likeness (QED) is 0.614. The molecule has 2 aromatic heterocycles. The minimum absolute atomic E-state index is 0.0606. The second-order valence-corrected chi connectivity index (χ2v) is 8.02. The second-order valence-electron chi connectivity index (χ2n) is 7.17. The second kappa shape index (κ2) is 9.01. The number of anilines is 1. The van der Waals surface area contributed by atoms with Crippen molar-refractivity contribution in [3.63, 3.8) is 0 Å². The first kappa shape index (κ1) is 20.7. The molecule has 2 heterocycles. The van der Waals surface area contributed by atoms with Crippen molar-refractivity contribution in [1.82, 2.24) is 14.8 Å². The normalized spacial score (nSPS) is 10.7. The molecule has 0 unspecified atom stereocenters. The van der Waals surface area contributed by atoms with E-state index in [0.717, 1.165) is 28.2 Å². The third kappa shape index (κ3) is 4.90. The van der Waals surface area contributed by atoms with Gasteiger partial charge in [-0.3, -0.25) is 9.48 Å². The highest BCUT2D eigenvalue weighted by molar-refractivity contribution is 7.14. The number of nitrogens with zero attached hydrogens (tertiary/aromatic N) is 4. The Bertz CT molecular complexity index is 1070. The largest absolute Gasteiger partial charge is 0.302 e. The Kier molecular flexibility index (Phi) is 6.45. The highest BCUT2D eigenvalue weighted by Gasteiger charge is 2.14. The van der Waals surface area contributed by atoms with Crippen molar-refractivity contribution in [3.05, 3.63) is 51.7 Å². The topological polar surface area (TPSA) is 83.6 Å².